The van der Waals surface area contributed by atoms with Crippen LogP contribution in [-0.4, -0.2) is 47.0 Å². The van der Waals surface area contributed by atoms with Crippen molar-refractivity contribution in [2.24, 2.45) is 5.92 Å². The van der Waals surface area contributed by atoms with E-state index >= 15 is 0 Å². The van der Waals surface area contributed by atoms with Gasteiger partial charge < -0.3 is 9.80 Å². The van der Waals surface area contributed by atoms with Gasteiger partial charge in [0.15, 0.2) is 0 Å². The van der Waals surface area contributed by atoms with Crippen molar-refractivity contribution < 1.29 is 9.18 Å². The quantitative estimate of drug-likeness (QED) is 0.643. The van der Waals surface area contributed by atoms with E-state index in [1.807, 2.05) is 24.0 Å². The van der Waals surface area contributed by atoms with Crippen molar-refractivity contribution in [1.82, 2.24) is 14.9 Å². The number of carbonyl (C=O) groups is 1. The van der Waals surface area contributed by atoms with E-state index in [4.69, 9.17) is 9.97 Å². The van der Waals surface area contributed by atoms with Gasteiger partial charge in [0.2, 0.25) is 5.91 Å². The Morgan fingerprint density at radius 2 is 1.77 bits per heavy atom. The minimum Gasteiger partial charge on any atom is -0.353 e. The minimum absolute atomic E-state index is 0.206. The third-order valence-electron chi connectivity index (χ3n) is 6.10. The highest BCUT2D eigenvalue weighted by Crippen LogP contribution is 2.28. The molecule has 3 rings (SSSR count). The van der Waals surface area contributed by atoms with Gasteiger partial charge in [-0.3, -0.25) is 4.79 Å². The summed E-state index contributed by atoms with van der Waals surface area (Å²) >= 11 is 0. The van der Waals surface area contributed by atoms with Crippen molar-refractivity contribution >= 4 is 11.7 Å². The average Bonchev–Trinajstić information content (AvgIpc) is 2.75. The highest BCUT2D eigenvalue weighted by molar-refractivity contribution is 5.76. The van der Waals surface area contributed by atoms with Crippen molar-refractivity contribution in [3.8, 4) is 0 Å². The second-order valence-electron chi connectivity index (χ2n) is 9.01. The first kappa shape index (κ1) is 23.2. The fourth-order valence-electron chi connectivity index (χ4n) is 3.95. The number of hydrogen-bond donors (Lipinski definition) is 0. The van der Waals surface area contributed by atoms with E-state index in [2.05, 4.69) is 32.6 Å². The van der Waals surface area contributed by atoms with Crippen LogP contribution in [0, 0.1) is 18.7 Å². The van der Waals surface area contributed by atoms with Gasteiger partial charge in [-0.15, -0.1) is 0 Å². The Bertz CT molecular complexity index is 906. The van der Waals surface area contributed by atoms with Gasteiger partial charge in [-0.1, -0.05) is 45.9 Å². The molecule has 1 aromatic heterocycles. The number of carbonyl (C=O) groups excluding carboxylic acids is 1. The van der Waals surface area contributed by atoms with E-state index in [1.54, 1.807) is 6.07 Å². The van der Waals surface area contributed by atoms with Crippen LogP contribution in [-0.2, 0) is 11.2 Å². The molecule has 31 heavy (non-hydrogen) atoms. The standard InChI is InChI=1S/C25H35FN4O/c1-6-18(4)24-27-19(5)21(16-20-9-7-8-10-22(20)26)25(28-24)30-13-11-29(12-14-30)23(31)15-17(2)3/h7-10,17-18H,6,11-16H2,1-5H3/t18-/m0/s1. The van der Waals surface area contributed by atoms with Crippen LogP contribution in [0.25, 0.3) is 0 Å². The first-order valence-electron chi connectivity index (χ1n) is 11.4. The van der Waals surface area contributed by atoms with Crippen molar-refractivity contribution in [1.29, 1.82) is 0 Å². The number of nitrogens with zero attached hydrogens (tertiary/aromatic N) is 4. The predicted octanol–water partition coefficient (Wildman–Crippen LogP) is 4.72. The number of rotatable bonds is 7. The van der Waals surface area contributed by atoms with Crippen LogP contribution in [0.4, 0.5) is 10.2 Å². The lowest BCUT2D eigenvalue weighted by atomic mass is 10.0. The Balaban J connectivity index is 1.89. The number of halogens is 1. The molecule has 0 aliphatic carbocycles. The zero-order valence-corrected chi connectivity index (χ0v) is 19.5. The van der Waals surface area contributed by atoms with Gasteiger partial charge in [0, 0.05) is 56.2 Å². The molecular formula is C25H35FN4O. The van der Waals surface area contributed by atoms with Gasteiger partial charge in [0.25, 0.3) is 0 Å². The second kappa shape index (κ2) is 10.2. The molecule has 6 heteroatoms. The normalized spacial score (nSPS) is 15.5. The zero-order chi connectivity index (χ0) is 22.5. The van der Waals surface area contributed by atoms with E-state index in [9.17, 15) is 9.18 Å². The smallest absolute Gasteiger partial charge is 0.222 e. The highest BCUT2D eigenvalue weighted by atomic mass is 19.1. The fourth-order valence-corrected chi connectivity index (χ4v) is 3.95. The molecule has 1 fully saturated rings. The van der Waals surface area contributed by atoms with Crippen LogP contribution in [0.5, 0.6) is 0 Å². The maximum atomic E-state index is 14.4. The summed E-state index contributed by atoms with van der Waals surface area (Å²) in [5.41, 5.74) is 2.53. The molecule has 1 aliphatic rings. The molecule has 2 aromatic rings. The number of aryl methyl sites for hydroxylation is 1. The van der Waals surface area contributed by atoms with Crippen LogP contribution in [0.3, 0.4) is 0 Å². The molecule has 1 atom stereocenters. The molecule has 5 nitrogen and oxygen atoms in total. The lowest BCUT2D eigenvalue weighted by molar-refractivity contribution is -0.132. The Morgan fingerprint density at radius 1 is 1.10 bits per heavy atom. The molecule has 0 bridgehead atoms. The number of piperazine rings is 1. The Hall–Kier alpha value is -2.50. The van der Waals surface area contributed by atoms with Gasteiger partial charge in [0.1, 0.15) is 17.5 Å². The summed E-state index contributed by atoms with van der Waals surface area (Å²) in [5, 5.41) is 0. The maximum absolute atomic E-state index is 14.4. The van der Waals surface area contributed by atoms with Gasteiger partial charge >= 0.3 is 0 Å². The summed E-state index contributed by atoms with van der Waals surface area (Å²) in [6, 6.07) is 6.89. The molecule has 0 radical (unpaired) electrons. The summed E-state index contributed by atoms with van der Waals surface area (Å²) in [5.74, 6) is 2.37. The van der Waals surface area contributed by atoms with Crippen LogP contribution < -0.4 is 4.90 Å². The first-order valence-corrected chi connectivity index (χ1v) is 11.4. The average molecular weight is 427 g/mol. The second-order valence-corrected chi connectivity index (χ2v) is 9.01. The van der Waals surface area contributed by atoms with Gasteiger partial charge in [-0.05, 0) is 30.9 Å². The largest absolute Gasteiger partial charge is 0.353 e. The molecule has 168 valence electrons. The van der Waals surface area contributed by atoms with E-state index < -0.39 is 0 Å². The summed E-state index contributed by atoms with van der Waals surface area (Å²) < 4.78 is 14.4. The molecule has 1 aliphatic heterocycles. The Labute approximate surface area is 185 Å². The first-order chi connectivity index (χ1) is 14.8. The fraction of sp³-hybridized carbons (Fsp3) is 0.560. The third kappa shape index (κ3) is 5.60. The topological polar surface area (TPSA) is 49.3 Å². The van der Waals surface area contributed by atoms with Crippen LogP contribution >= 0.6 is 0 Å². The Morgan fingerprint density at radius 3 is 2.39 bits per heavy atom. The van der Waals surface area contributed by atoms with Gasteiger partial charge in [0.05, 0.1) is 0 Å². The van der Waals surface area contributed by atoms with Crippen molar-refractivity contribution in [2.45, 2.75) is 59.8 Å². The molecule has 0 N–H and O–H groups in total. The summed E-state index contributed by atoms with van der Waals surface area (Å²) in [4.78, 5) is 26.4. The van der Waals surface area contributed by atoms with Crippen LogP contribution in [0.2, 0.25) is 0 Å². The lowest BCUT2D eigenvalue weighted by Crippen LogP contribution is -2.49. The van der Waals surface area contributed by atoms with Crippen LogP contribution in [0.15, 0.2) is 24.3 Å². The predicted molar refractivity (Wildman–Crippen MR) is 123 cm³/mol. The maximum Gasteiger partial charge on any atom is 0.222 e. The van der Waals surface area contributed by atoms with E-state index in [-0.39, 0.29) is 17.6 Å². The molecule has 1 amide bonds. The molecule has 2 heterocycles. The third-order valence-corrected chi connectivity index (χ3v) is 6.10. The lowest BCUT2D eigenvalue weighted by Gasteiger charge is -2.37. The molecule has 0 saturated carbocycles. The SMILES string of the molecule is CC[C@H](C)c1nc(C)c(Cc2ccccc2F)c(N2CCN(C(=O)CC(C)C)CC2)n1. The number of hydrogen-bond acceptors (Lipinski definition) is 4. The number of amides is 1. The number of benzene rings is 1. The van der Waals surface area contributed by atoms with Gasteiger partial charge in [-0.25, -0.2) is 14.4 Å². The molecule has 1 saturated heterocycles. The Kier molecular flexibility index (Phi) is 7.63. The van der Waals surface area contributed by atoms with E-state index in [0.717, 1.165) is 42.4 Å². The van der Waals surface area contributed by atoms with Gasteiger partial charge in [-0.2, -0.15) is 0 Å². The van der Waals surface area contributed by atoms with E-state index in [1.165, 1.54) is 6.07 Å². The number of anilines is 1. The highest BCUT2D eigenvalue weighted by Gasteiger charge is 2.26. The molecular weight excluding hydrogens is 391 g/mol. The minimum atomic E-state index is -0.206. The number of aromatic nitrogens is 2. The van der Waals surface area contributed by atoms with Crippen molar-refractivity contribution in [3.05, 3.63) is 52.7 Å². The zero-order valence-electron chi connectivity index (χ0n) is 19.5. The van der Waals surface area contributed by atoms with Crippen molar-refractivity contribution in [3.63, 3.8) is 0 Å². The monoisotopic (exact) mass is 426 g/mol. The summed E-state index contributed by atoms with van der Waals surface area (Å²) in [6.07, 6.45) is 2.01. The van der Waals surface area contributed by atoms with Crippen molar-refractivity contribution in [2.75, 3.05) is 31.1 Å². The summed E-state index contributed by atoms with van der Waals surface area (Å²) in [7, 11) is 0. The molecule has 0 unspecified atom stereocenters. The molecule has 1 aromatic carbocycles. The van der Waals surface area contributed by atoms with Crippen LogP contribution in [0.1, 0.15) is 69.1 Å². The summed E-state index contributed by atoms with van der Waals surface area (Å²) in [6.45, 7) is 13.2. The molecule has 0 spiro atoms. The van der Waals surface area contributed by atoms with E-state index in [0.29, 0.717) is 37.4 Å².